The first-order chi connectivity index (χ1) is 12.6. The number of hydrogen-bond donors (Lipinski definition) is 0. The fourth-order valence-corrected chi connectivity index (χ4v) is 3.74. The molecule has 0 unspecified atom stereocenters. The monoisotopic (exact) mass is 385 g/mol. The van der Waals surface area contributed by atoms with Crippen LogP contribution in [0.5, 0.6) is 0 Å². The lowest BCUT2D eigenvalue weighted by molar-refractivity contribution is 0.0748. The number of hydrogen-bond acceptors (Lipinski definition) is 3. The maximum absolute atomic E-state index is 13.1. The number of carbonyl (C=O) groups is 1. The highest BCUT2D eigenvalue weighted by atomic mass is 35.5. The molecule has 0 N–H and O–H groups in total. The van der Waals surface area contributed by atoms with E-state index < -0.39 is 0 Å². The van der Waals surface area contributed by atoms with E-state index in [4.69, 9.17) is 23.2 Å². The number of piperazine rings is 1. The highest BCUT2D eigenvalue weighted by Gasteiger charge is 2.24. The molecule has 3 aromatic rings. The Morgan fingerprint density at radius 2 is 1.73 bits per heavy atom. The molecule has 0 aliphatic carbocycles. The van der Waals surface area contributed by atoms with Gasteiger partial charge in [0.1, 0.15) is 0 Å². The van der Waals surface area contributed by atoms with Crippen molar-refractivity contribution in [2.24, 2.45) is 0 Å². The Balaban J connectivity index is 1.54. The van der Waals surface area contributed by atoms with Gasteiger partial charge >= 0.3 is 0 Å². The van der Waals surface area contributed by atoms with Gasteiger partial charge in [0.05, 0.1) is 11.1 Å². The van der Waals surface area contributed by atoms with Crippen molar-refractivity contribution < 1.29 is 4.79 Å². The Labute approximate surface area is 161 Å². The maximum atomic E-state index is 13.1. The summed E-state index contributed by atoms with van der Waals surface area (Å²) >= 11 is 12.3. The Morgan fingerprint density at radius 1 is 0.923 bits per heavy atom. The first-order valence-electron chi connectivity index (χ1n) is 8.46. The molecule has 0 saturated carbocycles. The van der Waals surface area contributed by atoms with Crippen molar-refractivity contribution in [2.75, 3.05) is 31.1 Å². The molecular weight excluding hydrogens is 369 g/mol. The number of nitrogens with zero attached hydrogens (tertiary/aromatic N) is 3. The number of fused-ring (bicyclic) bond motifs is 1. The Bertz CT molecular complexity index is 968. The number of anilines is 1. The molecular formula is C20H17Cl2N3O. The van der Waals surface area contributed by atoms with Gasteiger partial charge in [-0.3, -0.25) is 9.78 Å². The van der Waals surface area contributed by atoms with Crippen LogP contribution in [-0.4, -0.2) is 42.0 Å². The molecule has 2 aromatic carbocycles. The summed E-state index contributed by atoms with van der Waals surface area (Å²) in [5.74, 6) is -0.0260. The number of halogens is 2. The van der Waals surface area contributed by atoms with E-state index in [1.54, 1.807) is 12.3 Å². The number of benzene rings is 2. The van der Waals surface area contributed by atoms with Crippen LogP contribution in [0.4, 0.5) is 5.69 Å². The van der Waals surface area contributed by atoms with E-state index in [0.29, 0.717) is 29.2 Å². The molecule has 6 heteroatoms. The molecule has 1 saturated heterocycles. The second kappa shape index (κ2) is 7.14. The first-order valence-corrected chi connectivity index (χ1v) is 9.21. The average Bonchev–Trinajstić information content (AvgIpc) is 2.67. The largest absolute Gasteiger partial charge is 0.368 e. The van der Waals surface area contributed by atoms with Gasteiger partial charge in [-0.15, -0.1) is 0 Å². The minimum absolute atomic E-state index is 0.0260. The predicted molar refractivity (Wildman–Crippen MR) is 106 cm³/mol. The van der Waals surface area contributed by atoms with Crippen LogP contribution < -0.4 is 4.90 Å². The summed E-state index contributed by atoms with van der Waals surface area (Å²) < 4.78 is 0. The van der Waals surface area contributed by atoms with E-state index in [1.165, 1.54) is 0 Å². The van der Waals surface area contributed by atoms with Crippen molar-refractivity contribution in [1.29, 1.82) is 0 Å². The van der Waals surface area contributed by atoms with Gasteiger partial charge in [0.2, 0.25) is 0 Å². The third-order valence-corrected chi connectivity index (χ3v) is 5.09. The third-order valence-electron chi connectivity index (χ3n) is 4.64. The molecule has 1 aromatic heterocycles. The quantitative estimate of drug-likeness (QED) is 0.651. The van der Waals surface area contributed by atoms with Crippen LogP contribution in [0.15, 0.2) is 54.7 Å². The second-order valence-electron chi connectivity index (χ2n) is 6.29. The standard InChI is InChI=1S/C20H17Cl2N3O/c21-15-4-1-5-17(12-15)24-7-9-25(10-8-24)20(26)18-13-16(22)11-14-3-2-6-23-19(14)18/h1-6,11-13H,7-10H2. The number of carbonyl (C=O) groups excluding carboxylic acids is 1. The lowest BCUT2D eigenvalue weighted by Gasteiger charge is -2.36. The van der Waals surface area contributed by atoms with Crippen molar-refractivity contribution >= 4 is 45.7 Å². The summed E-state index contributed by atoms with van der Waals surface area (Å²) in [4.78, 5) is 21.5. The average molecular weight is 386 g/mol. The Morgan fingerprint density at radius 3 is 2.50 bits per heavy atom. The molecule has 132 valence electrons. The lowest BCUT2D eigenvalue weighted by Crippen LogP contribution is -2.48. The van der Waals surface area contributed by atoms with Gasteiger partial charge in [-0.2, -0.15) is 0 Å². The summed E-state index contributed by atoms with van der Waals surface area (Å²) in [5.41, 5.74) is 2.34. The summed E-state index contributed by atoms with van der Waals surface area (Å²) in [5, 5.41) is 2.14. The number of aromatic nitrogens is 1. The molecule has 1 aliphatic rings. The molecule has 1 fully saturated rings. The molecule has 0 atom stereocenters. The summed E-state index contributed by atoms with van der Waals surface area (Å²) in [6.45, 7) is 2.81. The normalized spacial score (nSPS) is 14.7. The maximum Gasteiger partial charge on any atom is 0.256 e. The summed E-state index contributed by atoms with van der Waals surface area (Å²) in [6, 6.07) is 15.1. The van der Waals surface area contributed by atoms with Crippen LogP contribution in [-0.2, 0) is 0 Å². The first kappa shape index (κ1) is 17.1. The zero-order valence-corrected chi connectivity index (χ0v) is 15.5. The van der Waals surface area contributed by atoms with E-state index in [0.717, 1.165) is 29.2 Å². The van der Waals surface area contributed by atoms with E-state index in [-0.39, 0.29) is 5.91 Å². The summed E-state index contributed by atoms with van der Waals surface area (Å²) in [7, 11) is 0. The highest BCUT2D eigenvalue weighted by Crippen LogP contribution is 2.25. The van der Waals surface area contributed by atoms with Crippen molar-refractivity contribution in [1.82, 2.24) is 9.88 Å². The summed E-state index contributed by atoms with van der Waals surface area (Å²) in [6.07, 6.45) is 1.70. The van der Waals surface area contributed by atoms with Gasteiger partial charge in [-0.1, -0.05) is 35.3 Å². The SMILES string of the molecule is O=C(c1cc(Cl)cc2cccnc12)N1CCN(c2cccc(Cl)c2)CC1. The van der Waals surface area contributed by atoms with Gasteiger partial charge in [0, 0.05) is 53.5 Å². The zero-order valence-electron chi connectivity index (χ0n) is 14.0. The van der Waals surface area contributed by atoms with Gasteiger partial charge in [0.25, 0.3) is 5.91 Å². The minimum Gasteiger partial charge on any atom is -0.368 e. The molecule has 0 radical (unpaired) electrons. The minimum atomic E-state index is -0.0260. The third kappa shape index (κ3) is 3.35. The van der Waals surface area contributed by atoms with Crippen LogP contribution >= 0.6 is 23.2 Å². The van der Waals surface area contributed by atoms with Crippen LogP contribution in [0, 0.1) is 0 Å². The van der Waals surface area contributed by atoms with Gasteiger partial charge in [-0.25, -0.2) is 0 Å². The van der Waals surface area contributed by atoms with Crippen LogP contribution in [0.2, 0.25) is 10.0 Å². The zero-order chi connectivity index (χ0) is 18.1. The Kier molecular flexibility index (Phi) is 4.70. The van der Waals surface area contributed by atoms with E-state index in [9.17, 15) is 4.79 Å². The van der Waals surface area contributed by atoms with Crippen LogP contribution in [0.1, 0.15) is 10.4 Å². The molecule has 0 bridgehead atoms. The smallest absolute Gasteiger partial charge is 0.256 e. The topological polar surface area (TPSA) is 36.4 Å². The van der Waals surface area contributed by atoms with E-state index in [2.05, 4.69) is 9.88 Å². The van der Waals surface area contributed by atoms with Crippen LogP contribution in [0.3, 0.4) is 0 Å². The fourth-order valence-electron chi connectivity index (χ4n) is 3.33. The van der Waals surface area contributed by atoms with Crippen molar-refractivity contribution in [3.8, 4) is 0 Å². The predicted octanol–water partition coefficient (Wildman–Crippen LogP) is 4.50. The van der Waals surface area contributed by atoms with Gasteiger partial charge in [-0.05, 0) is 36.4 Å². The highest BCUT2D eigenvalue weighted by molar-refractivity contribution is 6.32. The lowest BCUT2D eigenvalue weighted by atomic mass is 10.1. The molecule has 2 heterocycles. The van der Waals surface area contributed by atoms with Gasteiger partial charge in [0.15, 0.2) is 0 Å². The van der Waals surface area contributed by atoms with E-state index >= 15 is 0 Å². The van der Waals surface area contributed by atoms with E-state index in [1.807, 2.05) is 47.4 Å². The molecule has 1 amide bonds. The fraction of sp³-hybridized carbons (Fsp3) is 0.200. The van der Waals surface area contributed by atoms with Crippen molar-refractivity contribution in [3.05, 3.63) is 70.3 Å². The molecule has 1 aliphatic heterocycles. The number of amides is 1. The second-order valence-corrected chi connectivity index (χ2v) is 7.16. The molecule has 4 nitrogen and oxygen atoms in total. The number of rotatable bonds is 2. The molecule has 4 rings (SSSR count). The van der Waals surface area contributed by atoms with Crippen molar-refractivity contribution in [3.63, 3.8) is 0 Å². The van der Waals surface area contributed by atoms with Crippen molar-refractivity contribution in [2.45, 2.75) is 0 Å². The number of pyridine rings is 1. The Hall–Kier alpha value is -2.30. The van der Waals surface area contributed by atoms with Gasteiger partial charge < -0.3 is 9.80 Å². The molecule has 26 heavy (non-hydrogen) atoms. The van der Waals surface area contributed by atoms with Crippen LogP contribution in [0.25, 0.3) is 10.9 Å². The molecule has 0 spiro atoms.